The van der Waals surface area contributed by atoms with Gasteiger partial charge in [-0.15, -0.1) is 0 Å². The van der Waals surface area contributed by atoms with Crippen molar-refractivity contribution in [1.82, 2.24) is 10.2 Å². The number of hydrogen-bond donors (Lipinski definition) is 6. The number of likely N-dealkylation sites (tertiary alicyclic amines) is 1. The average Bonchev–Trinajstić information content (AvgIpc) is 3.36. The molecule has 0 spiro atoms. The molecule has 1 amide bonds. The molecule has 0 aromatic rings. The maximum Gasteiger partial charge on any atom is 0.377 e. The highest BCUT2D eigenvalue weighted by Crippen LogP contribution is 2.57. The summed E-state index contributed by atoms with van der Waals surface area (Å²) < 4.78 is 4.32. The minimum absolute atomic E-state index is 0.0453. The Morgan fingerprint density at radius 2 is 1.94 bits per heavy atom. The van der Waals surface area contributed by atoms with Crippen molar-refractivity contribution in [3.05, 3.63) is 11.5 Å². The largest absolute Gasteiger partial charge is 0.505 e. The molecular weight excluding hydrogens is 446 g/mol. The summed E-state index contributed by atoms with van der Waals surface area (Å²) in [6, 6.07) is 1.99. The van der Waals surface area contributed by atoms with Crippen LogP contribution < -0.4 is 5.32 Å². The van der Waals surface area contributed by atoms with Crippen LogP contribution in [0.1, 0.15) is 51.4 Å². The summed E-state index contributed by atoms with van der Waals surface area (Å²) in [7, 11) is 0. The number of aliphatic hydroxyl groups excluding tert-OH is 4. The van der Waals surface area contributed by atoms with E-state index in [1.54, 1.807) is 4.90 Å². The highest BCUT2D eigenvalue weighted by molar-refractivity contribution is 5.89. The van der Waals surface area contributed by atoms with E-state index in [1.165, 1.54) is 6.42 Å². The number of aliphatic hydroxyl groups is 5. The molecule has 34 heavy (non-hydrogen) atoms. The smallest absolute Gasteiger partial charge is 0.377 e. The van der Waals surface area contributed by atoms with E-state index < -0.39 is 41.9 Å². The molecule has 5 fully saturated rings. The van der Waals surface area contributed by atoms with E-state index in [-0.39, 0.29) is 17.5 Å². The standard InChI is InChI=1S/C17H25N3O2.C6H8O6/c18-9-14-2-1-3-20(14)15(21)10-19-16-5-12-4-13(6-16)8-17(22,7-12)11-16;7-1-2(8)5-3(9)4(10)6(11)12-5/h12-14,19,22H,1-8,10-11H2;2,5,7-10H,1H2/t12?,13?,14-,16?,17?;2-,5+/m00/s1. The van der Waals surface area contributed by atoms with Crippen molar-refractivity contribution in [1.29, 1.82) is 5.26 Å². The van der Waals surface area contributed by atoms with Crippen molar-refractivity contribution in [3.63, 3.8) is 0 Å². The van der Waals surface area contributed by atoms with Gasteiger partial charge in [0.05, 0.1) is 24.8 Å². The number of nitrogens with one attached hydrogen (secondary N) is 1. The fourth-order valence-electron chi connectivity index (χ4n) is 6.81. The van der Waals surface area contributed by atoms with Gasteiger partial charge in [-0.25, -0.2) is 4.79 Å². The number of ether oxygens (including phenoxy) is 1. The molecule has 11 nitrogen and oxygen atoms in total. The molecule has 6 rings (SSSR count). The van der Waals surface area contributed by atoms with Crippen molar-refractivity contribution in [2.75, 3.05) is 19.7 Å². The van der Waals surface area contributed by atoms with Crippen molar-refractivity contribution in [3.8, 4) is 6.07 Å². The third kappa shape index (κ3) is 4.73. The zero-order valence-electron chi connectivity index (χ0n) is 19.0. The second kappa shape index (κ2) is 9.34. The summed E-state index contributed by atoms with van der Waals surface area (Å²) in [4.78, 5) is 24.7. The summed E-state index contributed by atoms with van der Waals surface area (Å²) in [6.45, 7) is 0.351. The number of hydrogen-bond acceptors (Lipinski definition) is 10. The Labute approximate surface area is 197 Å². The molecule has 2 aliphatic heterocycles. The molecule has 6 N–H and O–H groups in total. The van der Waals surface area contributed by atoms with Gasteiger partial charge in [0, 0.05) is 12.1 Å². The third-order valence-electron chi connectivity index (χ3n) is 7.84. The second-order valence-corrected chi connectivity index (χ2v) is 10.5. The van der Waals surface area contributed by atoms with Crippen molar-refractivity contribution >= 4 is 11.9 Å². The zero-order chi connectivity index (χ0) is 24.7. The monoisotopic (exact) mass is 479 g/mol. The number of nitrogens with zero attached hydrogens (tertiary/aromatic N) is 2. The fourth-order valence-corrected chi connectivity index (χ4v) is 6.81. The molecule has 11 heteroatoms. The summed E-state index contributed by atoms with van der Waals surface area (Å²) >= 11 is 0. The summed E-state index contributed by atoms with van der Waals surface area (Å²) in [5.41, 5.74) is -0.542. The van der Waals surface area contributed by atoms with Gasteiger partial charge in [0.1, 0.15) is 12.1 Å². The molecule has 4 bridgehead atoms. The van der Waals surface area contributed by atoms with E-state index in [2.05, 4.69) is 16.1 Å². The first-order valence-corrected chi connectivity index (χ1v) is 11.9. The van der Waals surface area contributed by atoms with E-state index in [0.717, 1.165) is 44.9 Å². The molecule has 4 saturated carbocycles. The molecule has 6 aliphatic rings. The van der Waals surface area contributed by atoms with Crippen LogP contribution in [0.2, 0.25) is 0 Å². The number of carbonyl (C=O) groups is 2. The number of carbonyl (C=O) groups excluding carboxylic acids is 2. The van der Waals surface area contributed by atoms with Gasteiger partial charge >= 0.3 is 5.97 Å². The zero-order valence-corrected chi connectivity index (χ0v) is 19.0. The third-order valence-corrected chi connectivity index (χ3v) is 7.84. The molecule has 0 aromatic heterocycles. The Kier molecular flexibility index (Phi) is 6.79. The molecule has 0 radical (unpaired) electrons. The first kappa shape index (κ1) is 24.7. The fraction of sp³-hybridized carbons (Fsp3) is 0.783. The van der Waals surface area contributed by atoms with Crippen LogP contribution >= 0.6 is 0 Å². The summed E-state index contributed by atoms with van der Waals surface area (Å²) in [5.74, 6) is -1.49. The van der Waals surface area contributed by atoms with Crippen molar-refractivity contribution in [2.24, 2.45) is 11.8 Å². The molecule has 5 atom stereocenters. The normalized spacial score (nSPS) is 38.9. The van der Waals surface area contributed by atoms with Crippen molar-refractivity contribution in [2.45, 2.75) is 80.8 Å². The lowest BCUT2D eigenvalue weighted by Crippen LogP contribution is -2.65. The van der Waals surface area contributed by atoms with E-state index in [0.29, 0.717) is 24.9 Å². The van der Waals surface area contributed by atoms with E-state index in [9.17, 15) is 14.7 Å². The van der Waals surface area contributed by atoms with Gasteiger partial charge in [-0.2, -0.15) is 5.26 Å². The minimum atomic E-state index is -1.42. The van der Waals surface area contributed by atoms with Gasteiger partial charge in [-0.3, -0.25) is 4.79 Å². The van der Waals surface area contributed by atoms with Gasteiger partial charge in [0.15, 0.2) is 11.9 Å². The van der Waals surface area contributed by atoms with Gasteiger partial charge in [0.2, 0.25) is 11.7 Å². The number of cyclic esters (lactones) is 1. The molecular formula is C23H33N3O8. The maximum atomic E-state index is 12.4. The van der Waals surface area contributed by atoms with Crippen LogP contribution in [0.4, 0.5) is 0 Å². The van der Waals surface area contributed by atoms with Gasteiger partial charge in [-0.1, -0.05) is 0 Å². The Morgan fingerprint density at radius 3 is 2.47 bits per heavy atom. The Morgan fingerprint density at radius 1 is 1.26 bits per heavy atom. The van der Waals surface area contributed by atoms with Crippen LogP contribution in [0.5, 0.6) is 0 Å². The summed E-state index contributed by atoms with van der Waals surface area (Å²) in [6.07, 6.45) is 5.09. The first-order valence-electron chi connectivity index (χ1n) is 11.9. The molecule has 1 saturated heterocycles. The van der Waals surface area contributed by atoms with Crippen LogP contribution in [0.15, 0.2) is 11.5 Å². The van der Waals surface area contributed by atoms with Crippen molar-refractivity contribution < 1.29 is 39.9 Å². The molecule has 2 unspecified atom stereocenters. The lowest BCUT2D eigenvalue weighted by Gasteiger charge is -2.60. The Hall–Kier alpha value is -2.39. The number of rotatable bonds is 5. The lowest BCUT2D eigenvalue weighted by atomic mass is 9.51. The molecule has 188 valence electrons. The number of amides is 1. The Balaban J connectivity index is 0.000000195. The van der Waals surface area contributed by atoms with Crippen LogP contribution in [0.3, 0.4) is 0 Å². The predicted molar refractivity (Wildman–Crippen MR) is 116 cm³/mol. The van der Waals surface area contributed by atoms with Gasteiger partial charge in [0.25, 0.3) is 0 Å². The van der Waals surface area contributed by atoms with Crippen LogP contribution in [-0.4, -0.2) is 91.4 Å². The SMILES string of the molecule is N#C[C@@H]1CCCN1C(=O)CNC12CC3CC(CC(O)(C3)C1)C2.O=C1O[C@H]([C@@H](O)CO)C(O)=C1O. The summed E-state index contributed by atoms with van der Waals surface area (Å²) in [5, 5.41) is 58.4. The minimum Gasteiger partial charge on any atom is -0.505 e. The quantitative estimate of drug-likeness (QED) is 0.288. The van der Waals surface area contributed by atoms with Gasteiger partial charge in [-0.05, 0) is 63.2 Å². The van der Waals surface area contributed by atoms with E-state index in [4.69, 9.17) is 25.7 Å². The second-order valence-electron chi connectivity index (χ2n) is 10.5. The van der Waals surface area contributed by atoms with Crippen LogP contribution in [0, 0.1) is 23.2 Å². The van der Waals surface area contributed by atoms with E-state index in [1.807, 2.05) is 0 Å². The highest BCUT2D eigenvalue weighted by atomic mass is 16.6. The van der Waals surface area contributed by atoms with E-state index >= 15 is 0 Å². The maximum absolute atomic E-state index is 12.4. The highest BCUT2D eigenvalue weighted by Gasteiger charge is 2.57. The van der Waals surface area contributed by atoms with Crippen LogP contribution in [0.25, 0.3) is 0 Å². The average molecular weight is 480 g/mol. The lowest BCUT2D eigenvalue weighted by molar-refractivity contribution is -0.147. The molecule has 4 aliphatic carbocycles. The molecule has 0 aromatic carbocycles. The molecule has 2 heterocycles. The van der Waals surface area contributed by atoms with Gasteiger partial charge < -0.3 is 40.5 Å². The predicted octanol–water partition coefficient (Wildman–Crippen LogP) is -0.233. The topological polar surface area (TPSA) is 184 Å². The number of esters is 1. The number of nitriles is 1. The first-order chi connectivity index (χ1) is 16.1. The Bertz CT molecular complexity index is 885. The van der Waals surface area contributed by atoms with Crippen LogP contribution in [-0.2, 0) is 14.3 Å².